The number of fused-ring (bicyclic) bond motifs is 1. The minimum atomic E-state index is -0.328. The van der Waals surface area contributed by atoms with Gasteiger partial charge in [0.25, 0.3) is 0 Å². The molecular formula is C10H13ClN2O2. The zero-order valence-corrected chi connectivity index (χ0v) is 9.26. The number of aromatic nitrogens is 1. The molecule has 15 heavy (non-hydrogen) atoms. The number of ether oxygens (including phenoxy) is 1. The normalized spacial score (nSPS) is 13.7. The van der Waals surface area contributed by atoms with Gasteiger partial charge in [-0.3, -0.25) is 4.98 Å². The number of nitrogens with zero attached hydrogens (tertiary/aromatic N) is 1. The number of hydrogen-bond donors (Lipinski definition) is 1. The molecule has 2 rings (SSSR count). The summed E-state index contributed by atoms with van der Waals surface area (Å²) in [5.41, 5.74) is 2.70. The van der Waals surface area contributed by atoms with Crippen molar-refractivity contribution < 1.29 is 9.53 Å². The summed E-state index contributed by atoms with van der Waals surface area (Å²) in [6.45, 7) is 1.74. The standard InChI is InChI=1S/C10H12N2O2.ClH/c1-14-10(13)8-4-7-5-11-3-2-9(7)12-6-8;/h4,6,11H,2-3,5H2,1H3;1H. The van der Waals surface area contributed by atoms with E-state index in [1.807, 2.05) is 6.07 Å². The number of halogens is 1. The SMILES string of the molecule is COC(=O)c1cnc2c(c1)CNCC2.Cl. The number of carbonyl (C=O) groups is 1. The Kier molecular flexibility index (Phi) is 4.05. The predicted octanol–water partition coefficient (Wildman–Crippen LogP) is 0.936. The van der Waals surface area contributed by atoms with E-state index in [4.69, 9.17) is 0 Å². The highest BCUT2D eigenvalue weighted by molar-refractivity contribution is 5.89. The molecule has 1 aromatic heterocycles. The van der Waals surface area contributed by atoms with E-state index in [0.29, 0.717) is 5.56 Å². The van der Waals surface area contributed by atoms with Crippen LogP contribution in [0.2, 0.25) is 0 Å². The molecular weight excluding hydrogens is 216 g/mol. The van der Waals surface area contributed by atoms with E-state index in [1.165, 1.54) is 7.11 Å². The lowest BCUT2D eigenvalue weighted by atomic mass is 10.1. The molecule has 0 fully saturated rings. The van der Waals surface area contributed by atoms with Crippen molar-refractivity contribution in [1.29, 1.82) is 0 Å². The van der Waals surface area contributed by atoms with Gasteiger partial charge in [0.05, 0.1) is 12.7 Å². The molecule has 0 saturated heterocycles. The Morgan fingerprint density at radius 3 is 3.13 bits per heavy atom. The van der Waals surface area contributed by atoms with Gasteiger partial charge in [0.1, 0.15) is 0 Å². The van der Waals surface area contributed by atoms with E-state index in [0.717, 1.165) is 30.8 Å². The lowest BCUT2D eigenvalue weighted by Gasteiger charge is -2.16. The highest BCUT2D eigenvalue weighted by atomic mass is 35.5. The molecule has 0 unspecified atom stereocenters. The fourth-order valence-corrected chi connectivity index (χ4v) is 1.58. The van der Waals surface area contributed by atoms with Crippen molar-refractivity contribution in [3.05, 3.63) is 29.1 Å². The van der Waals surface area contributed by atoms with Gasteiger partial charge < -0.3 is 10.1 Å². The lowest BCUT2D eigenvalue weighted by Crippen LogP contribution is -2.25. The van der Waals surface area contributed by atoms with Crippen LogP contribution in [-0.4, -0.2) is 24.6 Å². The first-order valence-electron chi connectivity index (χ1n) is 4.58. The van der Waals surface area contributed by atoms with E-state index in [-0.39, 0.29) is 18.4 Å². The van der Waals surface area contributed by atoms with E-state index in [9.17, 15) is 4.79 Å². The van der Waals surface area contributed by atoms with Crippen LogP contribution in [0.25, 0.3) is 0 Å². The van der Waals surface area contributed by atoms with Crippen LogP contribution in [-0.2, 0) is 17.7 Å². The Morgan fingerprint density at radius 2 is 2.40 bits per heavy atom. The Bertz CT molecular complexity index is 368. The summed E-state index contributed by atoms with van der Waals surface area (Å²) in [6, 6.07) is 1.85. The van der Waals surface area contributed by atoms with Gasteiger partial charge in [-0.1, -0.05) is 0 Å². The summed E-state index contributed by atoms with van der Waals surface area (Å²) >= 11 is 0. The quantitative estimate of drug-likeness (QED) is 0.727. The molecule has 0 aliphatic carbocycles. The van der Waals surface area contributed by atoms with Crippen LogP contribution in [0.15, 0.2) is 12.3 Å². The molecule has 82 valence electrons. The van der Waals surface area contributed by atoms with Gasteiger partial charge in [-0.05, 0) is 11.6 Å². The largest absolute Gasteiger partial charge is 0.465 e. The maximum absolute atomic E-state index is 11.2. The number of methoxy groups -OCH3 is 1. The highest BCUT2D eigenvalue weighted by Gasteiger charge is 2.13. The average molecular weight is 229 g/mol. The van der Waals surface area contributed by atoms with Crippen molar-refractivity contribution in [2.45, 2.75) is 13.0 Å². The van der Waals surface area contributed by atoms with Crippen LogP contribution >= 0.6 is 12.4 Å². The molecule has 4 nitrogen and oxygen atoms in total. The molecule has 0 bridgehead atoms. The average Bonchev–Trinajstić information content (AvgIpc) is 2.27. The number of nitrogens with one attached hydrogen (secondary N) is 1. The van der Waals surface area contributed by atoms with Crippen molar-refractivity contribution in [1.82, 2.24) is 10.3 Å². The summed E-state index contributed by atoms with van der Waals surface area (Å²) < 4.78 is 4.63. The number of pyridine rings is 1. The van der Waals surface area contributed by atoms with Crippen LogP contribution < -0.4 is 5.32 Å². The number of esters is 1. The predicted molar refractivity (Wildman–Crippen MR) is 58.2 cm³/mol. The molecule has 0 spiro atoms. The van der Waals surface area contributed by atoms with E-state index in [1.54, 1.807) is 6.20 Å². The Morgan fingerprint density at radius 1 is 1.60 bits per heavy atom. The third-order valence-electron chi connectivity index (χ3n) is 2.34. The van der Waals surface area contributed by atoms with Gasteiger partial charge in [0.2, 0.25) is 0 Å². The van der Waals surface area contributed by atoms with Crippen molar-refractivity contribution in [3.63, 3.8) is 0 Å². The molecule has 0 radical (unpaired) electrons. The minimum Gasteiger partial charge on any atom is -0.465 e. The second-order valence-corrected chi connectivity index (χ2v) is 3.25. The third-order valence-corrected chi connectivity index (χ3v) is 2.34. The summed E-state index contributed by atoms with van der Waals surface area (Å²) in [4.78, 5) is 15.5. The van der Waals surface area contributed by atoms with Gasteiger partial charge in [0.15, 0.2) is 0 Å². The molecule has 1 aliphatic rings. The van der Waals surface area contributed by atoms with Crippen LogP contribution in [0.3, 0.4) is 0 Å². The highest BCUT2D eigenvalue weighted by Crippen LogP contribution is 2.13. The van der Waals surface area contributed by atoms with Gasteiger partial charge in [0, 0.05) is 31.4 Å². The Balaban J connectivity index is 0.00000112. The first-order chi connectivity index (χ1) is 6.81. The summed E-state index contributed by atoms with van der Waals surface area (Å²) in [6.07, 6.45) is 2.51. The zero-order chi connectivity index (χ0) is 9.97. The topological polar surface area (TPSA) is 51.2 Å². The summed E-state index contributed by atoms with van der Waals surface area (Å²) in [5.74, 6) is -0.328. The van der Waals surface area contributed by atoms with Crippen LogP contribution in [0.5, 0.6) is 0 Å². The maximum Gasteiger partial charge on any atom is 0.339 e. The second kappa shape index (κ2) is 5.09. The molecule has 1 N–H and O–H groups in total. The monoisotopic (exact) mass is 228 g/mol. The number of carbonyl (C=O) groups excluding carboxylic acids is 1. The number of hydrogen-bond acceptors (Lipinski definition) is 4. The fourth-order valence-electron chi connectivity index (χ4n) is 1.58. The lowest BCUT2D eigenvalue weighted by molar-refractivity contribution is 0.0600. The molecule has 0 amide bonds. The molecule has 5 heteroatoms. The van der Waals surface area contributed by atoms with E-state index < -0.39 is 0 Å². The smallest absolute Gasteiger partial charge is 0.339 e. The third kappa shape index (κ3) is 2.46. The fraction of sp³-hybridized carbons (Fsp3) is 0.400. The summed E-state index contributed by atoms with van der Waals surface area (Å²) in [5, 5.41) is 3.23. The van der Waals surface area contributed by atoms with Gasteiger partial charge >= 0.3 is 5.97 Å². The molecule has 0 atom stereocenters. The van der Waals surface area contributed by atoms with Gasteiger partial charge in [-0.25, -0.2) is 4.79 Å². The molecule has 2 heterocycles. The maximum atomic E-state index is 11.2. The number of rotatable bonds is 1. The van der Waals surface area contributed by atoms with Crippen LogP contribution in [0, 0.1) is 0 Å². The molecule has 0 saturated carbocycles. The van der Waals surface area contributed by atoms with Crippen LogP contribution in [0.1, 0.15) is 21.6 Å². The van der Waals surface area contributed by atoms with Gasteiger partial charge in [-0.15, -0.1) is 12.4 Å². The first kappa shape index (κ1) is 11.9. The van der Waals surface area contributed by atoms with Crippen molar-refractivity contribution in [2.75, 3.05) is 13.7 Å². The molecule has 1 aromatic rings. The van der Waals surface area contributed by atoms with Gasteiger partial charge in [-0.2, -0.15) is 0 Å². The Hall–Kier alpha value is -1.13. The van der Waals surface area contributed by atoms with Crippen LogP contribution in [0.4, 0.5) is 0 Å². The molecule has 0 aromatic carbocycles. The second-order valence-electron chi connectivity index (χ2n) is 3.25. The zero-order valence-electron chi connectivity index (χ0n) is 8.45. The van der Waals surface area contributed by atoms with Crippen molar-refractivity contribution in [3.8, 4) is 0 Å². The van der Waals surface area contributed by atoms with E-state index in [2.05, 4.69) is 15.0 Å². The van der Waals surface area contributed by atoms with Crippen molar-refractivity contribution in [2.24, 2.45) is 0 Å². The Labute approximate surface area is 94.4 Å². The summed E-state index contributed by atoms with van der Waals surface area (Å²) in [7, 11) is 1.38. The van der Waals surface area contributed by atoms with E-state index >= 15 is 0 Å². The molecule has 1 aliphatic heterocycles. The minimum absolute atomic E-state index is 0. The van der Waals surface area contributed by atoms with Crippen molar-refractivity contribution >= 4 is 18.4 Å². The first-order valence-corrected chi connectivity index (χ1v) is 4.58.